The summed E-state index contributed by atoms with van der Waals surface area (Å²) < 4.78 is 46.4. The Balaban J connectivity index is 1.37. The molecule has 0 aliphatic carbocycles. The molecule has 5 rings (SSSR count). The van der Waals surface area contributed by atoms with E-state index in [2.05, 4.69) is 32.1 Å². The summed E-state index contributed by atoms with van der Waals surface area (Å²) >= 11 is 1.22. The SMILES string of the molecule is COc1ccc(-c2nc(NC(=O)c3cnc(N4CCC(C(=O)O)CC4)cn3)sc2CN2CCCCC2C)cc1C(F)(F)F. The summed E-state index contributed by atoms with van der Waals surface area (Å²) in [6, 6.07) is 4.17. The highest BCUT2D eigenvalue weighted by molar-refractivity contribution is 7.16. The number of anilines is 2. The molecule has 0 bridgehead atoms. The van der Waals surface area contributed by atoms with E-state index in [1.165, 1.54) is 36.9 Å². The molecule has 0 spiro atoms. The minimum atomic E-state index is -4.62. The highest BCUT2D eigenvalue weighted by Crippen LogP contribution is 2.41. The number of thiazole rings is 1. The highest BCUT2D eigenvalue weighted by Gasteiger charge is 2.35. The van der Waals surface area contributed by atoms with Crippen LogP contribution < -0.4 is 15.0 Å². The van der Waals surface area contributed by atoms with Crippen LogP contribution in [0.3, 0.4) is 0 Å². The molecule has 2 aliphatic rings. The van der Waals surface area contributed by atoms with Crippen LogP contribution >= 0.6 is 11.3 Å². The van der Waals surface area contributed by atoms with E-state index in [0.717, 1.165) is 36.8 Å². The largest absolute Gasteiger partial charge is 0.496 e. The monoisotopic (exact) mass is 618 g/mol. The Morgan fingerprint density at radius 2 is 1.88 bits per heavy atom. The van der Waals surface area contributed by atoms with Crippen LogP contribution in [0.4, 0.5) is 24.1 Å². The van der Waals surface area contributed by atoms with Gasteiger partial charge in [0.1, 0.15) is 17.3 Å². The second kappa shape index (κ2) is 12.8. The van der Waals surface area contributed by atoms with Crippen LogP contribution in [0.2, 0.25) is 0 Å². The summed E-state index contributed by atoms with van der Waals surface area (Å²) in [4.78, 5) is 42.4. The van der Waals surface area contributed by atoms with Crippen LogP contribution in [0.15, 0.2) is 30.6 Å². The fourth-order valence-corrected chi connectivity index (χ4v) is 6.51. The van der Waals surface area contributed by atoms with Crippen molar-refractivity contribution >= 4 is 34.2 Å². The van der Waals surface area contributed by atoms with E-state index in [9.17, 15) is 27.9 Å². The first kappa shape index (κ1) is 30.7. The number of hydrogen-bond acceptors (Lipinski definition) is 9. The fourth-order valence-electron chi connectivity index (χ4n) is 5.51. The average molecular weight is 619 g/mol. The number of alkyl halides is 3. The van der Waals surface area contributed by atoms with Gasteiger partial charge in [-0.25, -0.2) is 15.0 Å². The van der Waals surface area contributed by atoms with E-state index in [0.29, 0.717) is 50.0 Å². The molecule has 0 saturated carbocycles. The van der Waals surface area contributed by atoms with Gasteiger partial charge in [0, 0.05) is 36.1 Å². The van der Waals surface area contributed by atoms with Crippen molar-refractivity contribution < 1.29 is 32.6 Å². The molecule has 2 N–H and O–H groups in total. The van der Waals surface area contributed by atoms with Crippen LogP contribution in [0.5, 0.6) is 5.75 Å². The van der Waals surface area contributed by atoms with Crippen LogP contribution in [-0.4, -0.2) is 69.6 Å². The number of ether oxygens (including phenoxy) is 1. The van der Waals surface area contributed by atoms with Gasteiger partial charge < -0.3 is 14.7 Å². The summed E-state index contributed by atoms with van der Waals surface area (Å²) in [5.41, 5.74) is -0.195. The highest BCUT2D eigenvalue weighted by atomic mass is 32.1. The Kier molecular flexibility index (Phi) is 9.16. The van der Waals surface area contributed by atoms with Gasteiger partial charge in [-0.15, -0.1) is 0 Å². The Morgan fingerprint density at radius 1 is 1.12 bits per heavy atom. The van der Waals surface area contributed by atoms with Crippen molar-refractivity contribution in [2.45, 2.75) is 57.8 Å². The molecule has 3 aromatic rings. The first-order valence-corrected chi connectivity index (χ1v) is 15.0. The van der Waals surface area contributed by atoms with Crippen LogP contribution in [0.25, 0.3) is 11.3 Å². The number of methoxy groups -OCH3 is 1. The maximum absolute atomic E-state index is 13.8. The third-order valence-corrected chi connectivity index (χ3v) is 8.98. The van der Waals surface area contributed by atoms with E-state index in [4.69, 9.17) is 4.74 Å². The number of benzene rings is 1. The van der Waals surface area contributed by atoms with Crippen molar-refractivity contribution in [2.75, 3.05) is 37.0 Å². The molecule has 2 fully saturated rings. The number of carbonyl (C=O) groups excluding carboxylic acids is 1. The Bertz CT molecular complexity index is 1460. The number of nitrogens with one attached hydrogen (secondary N) is 1. The van der Waals surface area contributed by atoms with E-state index in [1.807, 2.05) is 4.90 Å². The van der Waals surface area contributed by atoms with Gasteiger partial charge in [0.2, 0.25) is 0 Å². The van der Waals surface area contributed by atoms with Gasteiger partial charge in [-0.05, 0) is 57.4 Å². The lowest BCUT2D eigenvalue weighted by atomic mass is 9.97. The molecule has 14 heteroatoms. The molecular weight excluding hydrogens is 585 g/mol. The third kappa shape index (κ3) is 7.07. The number of carboxylic acids is 1. The molecule has 230 valence electrons. The summed E-state index contributed by atoms with van der Waals surface area (Å²) in [7, 11) is 1.20. The standard InChI is InChI=1S/C29H33F3N6O4S/c1-17-5-3-4-10-38(17)16-23-25(19-6-7-22(42-2)20(13-19)29(30,31)32)35-28(43-23)36-26(39)21-14-34-24(15-33-21)37-11-8-18(9-12-37)27(40)41/h6-7,13-15,17-18H,3-5,8-12,16H2,1-2H3,(H,40,41)(H,35,36,39). The number of aromatic nitrogens is 3. The summed E-state index contributed by atoms with van der Waals surface area (Å²) in [6.45, 7) is 4.54. The maximum Gasteiger partial charge on any atom is 0.419 e. The number of likely N-dealkylation sites (tertiary alicyclic amines) is 1. The lowest BCUT2D eigenvalue weighted by molar-refractivity contribution is -0.142. The molecular formula is C29H33F3N6O4S. The van der Waals surface area contributed by atoms with Crippen molar-refractivity contribution in [3.8, 4) is 17.0 Å². The second-order valence-corrected chi connectivity index (χ2v) is 11.9. The van der Waals surface area contributed by atoms with Gasteiger partial charge in [0.15, 0.2) is 5.13 Å². The third-order valence-electron chi connectivity index (χ3n) is 8.02. The quantitative estimate of drug-likeness (QED) is 0.335. The average Bonchev–Trinajstić information content (AvgIpc) is 3.39. The predicted molar refractivity (Wildman–Crippen MR) is 155 cm³/mol. The molecule has 1 unspecified atom stereocenters. The number of amides is 1. The van der Waals surface area contributed by atoms with E-state index >= 15 is 0 Å². The zero-order valence-corrected chi connectivity index (χ0v) is 24.7. The van der Waals surface area contributed by atoms with Crippen molar-refractivity contribution in [1.82, 2.24) is 19.9 Å². The molecule has 2 aliphatic heterocycles. The van der Waals surface area contributed by atoms with Gasteiger partial charge in [-0.3, -0.25) is 19.8 Å². The van der Waals surface area contributed by atoms with E-state index in [1.54, 1.807) is 6.07 Å². The first-order valence-electron chi connectivity index (χ1n) is 14.1. The lowest BCUT2D eigenvalue weighted by Gasteiger charge is -2.33. The van der Waals surface area contributed by atoms with E-state index < -0.39 is 23.6 Å². The van der Waals surface area contributed by atoms with Crippen LogP contribution in [-0.2, 0) is 17.5 Å². The van der Waals surface area contributed by atoms with Crippen LogP contribution in [0.1, 0.15) is 60.0 Å². The number of carboxylic acid groups (broad SMARTS) is 1. The predicted octanol–water partition coefficient (Wildman–Crippen LogP) is 5.56. The maximum atomic E-state index is 13.8. The molecule has 2 aromatic heterocycles. The minimum Gasteiger partial charge on any atom is -0.496 e. The topological polar surface area (TPSA) is 121 Å². The number of hydrogen-bond donors (Lipinski definition) is 2. The van der Waals surface area contributed by atoms with Gasteiger partial charge in [-0.1, -0.05) is 17.8 Å². The van der Waals surface area contributed by atoms with Gasteiger partial charge in [0.05, 0.1) is 36.7 Å². The number of nitrogens with zero attached hydrogens (tertiary/aromatic N) is 5. The Labute approximate surface area is 250 Å². The molecule has 43 heavy (non-hydrogen) atoms. The summed E-state index contributed by atoms with van der Waals surface area (Å²) in [5.74, 6) is -1.45. The molecule has 0 radical (unpaired) electrons. The molecule has 4 heterocycles. The van der Waals surface area contributed by atoms with E-state index in [-0.39, 0.29) is 28.1 Å². The Morgan fingerprint density at radius 3 is 2.51 bits per heavy atom. The molecule has 1 aromatic carbocycles. The normalized spacial score (nSPS) is 18.4. The molecule has 2 saturated heterocycles. The molecule has 1 amide bonds. The van der Waals surface area contributed by atoms with Crippen molar-refractivity contribution in [3.05, 3.63) is 46.7 Å². The number of rotatable bonds is 8. The van der Waals surface area contributed by atoms with Gasteiger partial charge in [-0.2, -0.15) is 13.2 Å². The number of carbonyl (C=O) groups is 2. The Hall–Kier alpha value is -3.78. The summed E-state index contributed by atoms with van der Waals surface area (Å²) in [6.07, 6.45) is 2.40. The molecule has 1 atom stereocenters. The van der Waals surface area contributed by atoms with Gasteiger partial charge in [0.25, 0.3) is 5.91 Å². The van der Waals surface area contributed by atoms with Crippen molar-refractivity contribution in [3.63, 3.8) is 0 Å². The minimum absolute atomic E-state index is 0.0518. The van der Waals surface area contributed by atoms with Gasteiger partial charge >= 0.3 is 12.1 Å². The summed E-state index contributed by atoms with van der Waals surface area (Å²) in [5, 5.41) is 12.2. The number of halogens is 3. The van der Waals surface area contributed by atoms with Crippen LogP contribution in [0, 0.1) is 5.92 Å². The zero-order chi connectivity index (χ0) is 30.7. The molecule has 10 nitrogen and oxygen atoms in total. The smallest absolute Gasteiger partial charge is 0.419 e. The first-order chi connectivity index (χ1) is 20.5. The lowest BCUT2D eigenvalue weighted by Crippen LogP contribution is -2.36. The zero-order valence-electron chi connectivity index (χ0n) is 23.9. The number of aliphatic carboxylic acids is 1. The van der Waals surface area contributed by atoms with Crippen molar-refractivity contribution in [1.29, 1.82) is 0 Å². The fraction of sp³-hybridized carbons (Fsp3) is 0.483. The number of piperidine rings is 2. The van der Waals surface area contributed by atoms with Crippen molar-refractivity contribution in [2.24, 2.45) is 5.92 Å². The second-order valence-electron chi connectivity index (χ2n) is 10.8.